The molecule has 0 fully saturated rings. The van der Waals surface area contributed by atoms with Crippen LogP contribution in [-0.4, -0.2) is 21.9 Å². The van der Waals surface area contributed by atoms with Crippen LogP contribution in [0.15, 0.2) is 40.0 Å². The summed E-state index contributed by atoms with van der Waals surface area (Å²) in [6, 6.07) is 9.71. The van der Waals surface area contributed by atoms with Crippen LogP contribution < -0.4 is 5.32 Å². The van der Waals surface area contributed by atoms with Crippen molar-refractivity contribution < 1.29 is 13.9 Å². The van der Waals surface area contributed by atoms with Crippen LogP contribution in [0.25, 0.3) is 0 Å². The highest BCUT2D eigenvalue weighted by Gasteiger charge is 2.25. The van der Waals surface area contributed by atoms with Crippen LogP contribution in [0, 0.1) is 5.92 Å². The van der Waals surface area contributed by atoms with E-state index in [9.17, 15) is 4.79 Å². The molecule has 1 aromatic heterocycles. The predicted octanol–water partition coefficient (Wildman–Crippen LogP) is 4.97. The highest BCUT2D eigenvalue weighted by atomic mass is 32.2. The first kappa shape index (κ1) is 20.3. The van der Waals surface area contributed by atoms with E-state index in [2.05, 4.69) is 41.5 Å². The summed E-state index contributed by atoms with van der Waals surface area (Å²) in [5.41, 5.74) is 0.626. The Bertz CT molecular complexity index is 696. The lowest BCUT2D eigenvalue weighted by Gasteiger charge is -2.22. The number of thioether (sulfide) groups is 1. The third-order valence-electron chi connectivity index (χ3n) is 3.32. The van der Waals surface area contributed by atoms with Gasteiger partial charge in [-0.3, -0.25) is 0 Å². The number of amides is 1. The summed E-state index contributed by atoms with van der Waals surface area (Å²) >= 11 is 1.48. The van der Waals surface area contributed by atoms with E-state index in [0.29, 0.717) is 23.5 Å². The van der Waals surface area contributed by atoms with Crippen molar-refractivity contribution in [2.24, 2.45) is 5.92 Å². The van der Waals surface area contributed by atoms with Crippen molar-refractivity contribution in [1.29, 1.82) is 0 Å². The number of benzene rings is 1. The number of alkyl carbamates (subject to hydrolysis) is 1. The summed E-state index contributed by atoms with van der Waals surface area (Å²) in [5.74, 6) is 1.50. The number of aromatic nitrogens is 2. The lowest BCUT2D eigenvalue weighted by atomic mass is 10.0. The fraction of sp³-hybridized carbons (Fsp3) is 0.526. The zero-order chi connectivity index (χ0) is 19.2. The Balaban J connectivity index is 2.01. The standard InChI is InChI=1S/C19H27N3O3S/c1-13(2)11-15(20-17(23)25-19(3,4)5)16-21-22-18(24-16)26-12-14-9-7-6-8-10-14/h6-10,13,15H,11-12H2,1-5H3,(H,20,23)/t15-/m1/s1. The first-order chi connectivity index (χ1) is 12.2. The molecule has 0 aliphatic rings. The van der Waals surface area contributed by atoms with E-state index in [1.807, 2.05) is 39.0 Å². The minimum absolute atomic E-state index is 0.349. The minimum Gasteiger partial charge on any atom is -0.444 e. The van der Waals surface area contributed by atoms with Crippen LogP contribution in [0.5, 0.6) is 0 Å². The summed E-state index contributed by atoms with van der Waals surface area (Å²) in [5, 5.41) is 11.6. The molecule has 0 aliphatic carbocycles. The Hall–Kier alpha value is -2.02. The summed E-state index contributed by atoms with van der Waals surface area (Å²) < 4.78 is 11.1. The molecule has 0 unspecified atom stereocenters. The minimum atomic E-state index is -0.558. The molecule has 0 aliphatic heterocycles. The molecule has 1 heterocycles. The summed E-state index contributed by atoms with van der Waals surface area (Å²) in [4.78, 5) is 12.1. The number of hydrogen-bond donors (Lipinski definition) is 1. The average molecular weight is 378 g/mol. The quantitative estimate of drug-likeness (QED) is 0.686. The molecule has 7 heteroatoms. The number of carbonyl (C=O) groups is 1. The summed E-state index contributed by atoms with van der Waals surface area (Å²) in [6.07, 6.45) is 0.198. The first-order valence-electron chi connectivity index (χ1n) is 8.72. The summed E-state index contributed by atoms with van der Waals surface area (Å²) in [7, 11) is 0. The highest BCUT2D eigenvalue weighted by Crippen LogP contribution is 2.26. The third kappa shape index (κ3) is 7.07. The molecular weight excluding hydrogens is 350 g/mol. The van der Waals surface area contributed by atoms with Gasteiger partial charge in [-0.1, -0.05) is 55.9 Å². The van der Waals surface area contributed by atoms with E-state index in [0.717, 1.165) is 5.75 Å². The molecular formula is C19H27N3O3S. The van der Waals surface area contributed by atoms with Crippen LogP contribution in [-0.2, 0) is 10.5 Å². The molecule has 0 spiro atoms. The molecule has 0 bridgehead atoms. The topological polar surface area (TPSA) is 77.2 Å². The zero-order valence-electron chi connectivity index (χ0n) is 16.0. The van der Waals surface area contributed by atoms with Gasteiger partial charge in [-0.15, -0.1) is 10.2 Å². The van der Waals surface area contributed by atoms with Crippen molar-refractivity contribution in [3.8, 4) is 0 Å². The van der Waals surface area contributed by atoms with Gasteiger partial charge in [0, 0.05) is 5.75 Å². The van der Waals surface area contributed by atoms with Gasteiger partial charge in [-0.2, -0.15) is 0 Å². The SMILES string of the molecule is CC(C)C[C@@H](NC(=O)OC(C)(C)C)c1nnc(SCc2ccccc2)o1. The van der Waals surface area contributed by atoms with E-state index in [1.54, 1.807) is 0 Å². The van der Waals surface area contributed by atoms with Gasteiger partial charge in [0.05, 0.1) is 0 Å². The normalized spacial score (nSPS) is 12.8. The number of hydrogen-bond acceptors (Lipinski definition) is 6. The van der Waals surface area contributed by atoms with Gasteiger partial charge in [0.15, 0.2) is 0 Å². The molecule has 142 valence electrons. The van der Waals surface area contributed by atoms with Gasteiger partial charge < -0.3 is 14.5 Å². The second-order valence-electron chi connectivity index (χ2n) is 7.51. The van der Waals surface area contributed by atoms with E-state index in [1.165, 1.54) is 17.3 Å². The summed E-state index contributed by atoms with van der Waals surface area (Å²) in [6.45, 7) is 9.63. The number of carbonyl (C=O) groups excluding carboxylic acids is 1. The molecule has 1 N–H and O–H groups in total. The number of nitrogens with one attached hydrogen (secondary N) is 1. The van der Waals surface area contributed by atoms with Crippen molar-refractivity contribution >= 4 is 17.9 Å². The maximum atomic E-state index is 12.1. The molecule has 1 atom stereocenters. The molecule has 0 radical (unpaired) electrons. The fourth-order valence-corrected chi connectivity index (χ4v) is 3.01. The van der Waals surface area contributed by atoms with Crippen molar-refractivity contribution in [2.75, 3.05) is 0 Å². The second kappa shape index (κ2) is 9.07. The van der Waals surface area contributed by atoms with Crippen LogP contribution in [0.3, 0.4) is 0 Å². The van der Waals surface area contributed by atoms with Crippen molar-refractivity contribution in [1.82, 2.24) is 15.5 Å². The Morgan fingerprint density at radius 2 is 1.92 bits per heavy atom. The predicted molar refractivity (Wildman–Crippen MR) is 102 cm³/mol. The molecule has 1 aromatic carbocycles. The Labute approximate surface area is 159 Å². The monoisotopic (exact) mass is 377 g/mol. The van der Waals surface area contributed by atoms with E-state index in [4.69, 9.17) is 9.15 Å². The third-order valence-corrected chi connectivity index (χ3v) is 4.21. The fourth-order valence-electron chi connectivity index (χ4n) is 2.28. The van der Waals surface area contributed by atoms with Crippen LogP contribution in [0.1, 0.15) is 58.5 Å². The molecule has 1 amide bonds. The molecule has 0 saturated heterocycles. The molecule has 2 rings (SSSR count). The van der Waals surface area contributed by atoms with Crippen LogP contribution >= 0.6 is 11.8 Å². The van der Waals surface area contributed by atoms with Crippen molar-refractivity contribution in [2.45, 2.75) is 63.7 Å². The van der Waals surface area contributed by atoms with Crippen molar-refractivity contribution in [3.63, 3.8) is 0 Å². The van der Waals surface area contributed by atoms with Gasteiger partial charge in [-0.05, 0) is 38.7 Å². The van der Waals surface area contributed by atoms with Crippen LogP contribution in [0.4, 0.5) is 4.79 Å². The number of ether oxygens (including phenoxy) is 1. The van der Waals surface area contributed by atoms with Gasteiger partial charge in [0.25, 0.3) is 5.22 Å². The molecule has 0 saturated carbocycles. The Morgan fingerprint density at radius 3 is 2.54 bits per heavy atom. The van der Waals surface area contributed by atoms with Gasteiger partial charge in [0.2, 0.25) is 5.89 Å². The maximum Gasteiger partial charge on any atom is 0.408 e. The first-order valence-corrected chi connectivity index (χ1v) is 9.71. The number of nitrogens with zero attached hydrogens (tertiary/aromatic N) is 2. The van der Waals surface area contributed by atoms with Gasteiger partial charge in [-0.25, -0.2) is 4.79 Å². The average Bonchev–Trinajstić information content (AvgIpc) is 3.00. The maximum absolute atomic E-state index is 12.1. The van der Waals surface area contributed by atoms with Gasteiger partial charge >= 0.3 is 6.09 Å². The van der Waals surface area contributed by atoms with Crippen molar-refractivity contribution in [3.05, 3.63) is 41.8 Å². The Kier molecular flexibility index (Phi) is 7.08. The largest absolute Gasteiger partial charge is 0.444 e. The smallest absolute Gasteiger partial charge is 0.408 e. The number of rotatable bonds is 7. The lowest BCUT2D eigenvalue weighted by molar-refractivity contribution is 0.0487. The van der Waals surface area contributed by atoms with E-state index in [-0.39, 0.29) is 6.04 Å². The lowest BCUT2D eigenvalue weighted by Crippen LogP contribution is -2.35. The zero-order valence-corrected chi connectivity index (χ0v) is 16.8. The second-order valence-corrected chi connectivity index (χ2v) is 8.44. The highest BCUT2D eigenvalue weighted by molar-refractivity contribution is 7.98. The molecule has 2 aromatic rings. The Morgan fingerprint density at radius 1 is 1.23 bits per heavy atom. The van der Waals surface area contributed by atoms with Crippen LogP contribution in [0.2, 0.25) is 0 Å². The molecule has 26 heavy (non-hydrogen) atoms. The van der Waals surface area contributed by atoms with E-state index >= 15 is 0 Å². The van der Waals surface area contributed by atoms with E-state index < -0.39 is 11.7 Å². The molecule has 6 nitrogen and oxygen atoms in total. The van der Waals surface area contributed by atoms with Gasteiger partial charge in [0.1, 0.15) is 11.6 Å².